The van der Waals surface area contributed by atoms with Crippen molar-refractivity contribution >= 4 is 29.4 Å². The van der Waals surface area contributed by atoms with Gasteiger partial charge in [-0.3, -0.25) is 19.4 Å². The van der Waals surface area contributed by atoms with Crippen LogP contribution in [0.2, 0.25) is 0 Å². The third kappa shape index (κ3) is 5.57. The molecule has 0 radical (unpaired) electrons. The first kappa shape index (κ1) is 20.4. The molecule has 3 atom stereocenters. The van der Waals surface area contributed by atoms with Crippen LogP contribution in [0.25, 0.3) is 0 Å². The summed E-state index contributed by atoms with van der Waals surface area (Å²) < 4.78 is 4.96. The van der Waals surface area contributed by atoms with Gasteiger partial charge in [0, 0.05) is 23.9 Å². The van der Waals surface area contributed by atoms with Crippen LogP contribution in [0.1, 0.15) is 23.7 Å². The van der Waals surface area contributed by atoms with Crippen molar-refractivity contribution in [2.75, 3.05) is 25.0 Å². The van der Waals surface area contributed by atoms with Gasteiger partial charge in [-0.1, -0.05) is 0 Å². The summed E-state index contributed by atoms with van der Waals surface area (Å²) in [6.07, 6.45) is -0.884. The maximum Gasteiger partial charge on any atom is 0.308 e. The second-order valence-electron chi connectivity index (χ2n) is 6.87. The first-order chi connectivity index (χ1) is 13.8. The molecule has 0 aromatic heterocycles. The fraction of sp³-hybridized carbons (Fsp3) is 0.444. The van der Waals surface area contributed by atoms with Gasteiger partial charge in [0.2, 0.25) is 5.91 Å². The molecule has 2 aliphatic heterocycles. The second kappa shape index (κ2) is 8.78. The number of nitrogens with zero attached hydrogens (tertiary/aromatic N) is 1. The second-order valence-corrected chi connectivity index (χ2v) is 6.87. The standard InChI is InChI=1S/C18H23N5O6/c1-9-14(5-16(27)29-9)23-15(26)8-19-17(28)10-2-11(4-12(24)3-10)22-18-20-6-13(25)7-21-18/h2-4,9,13-14,24-25H,5-8H2,1H3,(H,19,28)(H,23,26)(H2,20,21,22). The lowest BCUT2D eigenvalue weighted by atomic mass is 10.1. The number of aliphatic hydroxyl groups excluding tert-OH is 1. The lowest BCUT2D eigenvalue weighted by Crippen LogP contribution is -2.44. The van der Waals surface area contributed by atoms with E-state index in [1.165, 1.54) is 18.2 Å². The smallest absolute Gasteiger partial charge is 0.308 e. The maximum atomic E-state index is 12.4. The van der Waals surface area contributed by atoms with E-state index in [-0.39, 0.29) is 36.8 Å². The van der Waals surface area contributed by atoms with Crippen LogP contribution in [0.4, 0.5) is 5.69 Å². The summed E-state index contributed by atoms with van der Waals surface area (Å²) in [5, 5.41) is 30.2. The largest absolute Gasteiger partial charge is 0.508 e. The highest BCUT2D eigenvalue weighted by Gasteiger charge is 2.32. The van der Waals surface area contributed by atoms with Crippen molar-refractivity contribution < 1.29 is 29.3 Å². The van der Waals surface area contributed by atoms with Crippen LogP contribution >= 0.6 is 0 Å². The number of anilines is 1. The van der Waals surface area contributed by atoms with Gasteiger partial charge in [0.15, 0.2) is 5.96 Å². The van der Waals surface area contributed by atoms with Gasteiger partial charge >= 0.3 is 5.97 Å². The van der Waals surface area contributed by atoms with Gasteiger partial charge < -0.3 is 36.2 Å². The first-order valence-corrected chi connectivity index (χ1v) is 9.14. The zero-order valence-corrected chi connectivity index (χ0v) is 15.8. The molecule has 1 saturated heterocycles. The maximum absolute atomic E-state index is 12.4. The quantitative estimate of drug-likeness (QED) is 0.329. The van der Waals surface area contributed by atoms with Crippen molar-refractivity contribution in [2.24, 2.45) is 4.99 Å². The van der Waals surface area contributed by atoms with Crippen LogP contribution in [-0.4, -0.2) is 71.8 Å². The number of guanidine groups is 1. The fourth-order valence-electron chi connectivity index (χ4n) is 2.94. The zero-order valence-electron chi connectivity index (χ0n) is 15.8. The number of ether oxygens (including phenoxy) is 1. The molecular formula is C18H23N5O6. The van der Waals surface area contributed by atoms with E-state index in [1.807, 2.05) is 0 Å². The predicted molar refractivity (Wildman–Crippen MR) is 102 cm³/mol. The fourth-order valence-corrected chi connectivity index (χ4v) is 2.94. The number of rotatable bonds is 5. The third-order valence-corrected chi connectivity index (χ3v) is 4.43. The number of β-amino-alcohol motifs (C(OH)–C–C–N with tert-alkyl or cyclic N) is 1. The highest BCUT2D eigenvalue weighted by atomic mass is 16.6. The molecule has 1 aromatic carbocycles. The number of carbonyl (C=O) groups excluding carboxylic acids is 3. The topological polar surface area (TPSA) is 161 Å². The van der Waals surface area contributed by atoms with Crippen molar-refractivity contribution in [3.63, 3.8) is 0 Å². The molecule has 2 aliphatic rings. The van der Waals surface area contributed by atoms with E-state index < -0.39 is 30.1 Å². The molecule has 1 aromatic rings. The van der Waals surface area contributed by atoms with E-state index in [0.29, 0.717) is 18.2 Å². The molecule has 11 heteroatoms. The molecule has 29 heavy (non-hydrogen) atoms. The number of aliphatic imine (C=N–C) groups is 1. The van der Waals surface area contributed by atoms with E-state index in [0.717, 1.165) is 0 Å². The van der Waals surface area contributed by atoms with Gasteiger partial charge in [0.25, 0.3) is 5.91 Å². The number of phenols is 1. The van der Waals surface area contributed by atoms with Crippen LogP contribution in [-0.2, 0) is 14.3 Å². The van der Waals surface area contributed by atoms with Gasteiger partial charge in [-0.15, -0.1) is 0 Å². The number of aliphatic hydroxyl groups is 1. The molecule has 2 heterocycles. The number of benzene rings is 1. The Kier molecular flexibility index (Phi) is 6.17. The van der Waals surface area contributed by atoms with E-state index in [2.05, 4.69) is 26.3 Å². The minimum Gasteiger partial charge on any atom is -0.508 e. The Bertz CT molecular complexity index is 842. The van der Waals surface area contributed by atoms with Gasteiger partial charge in [0.1, 0.15) is 11.9 Å². The van der Waals surface area contributed by atoms with Crippen molar-refractivity contribution in [2.45, 2.75) is 31.6 Å². The molecule has 2 amide bonds. The summed E-state index contributed by atoms with van der Waals surface area (Å²) in [5.41, 5.74) is 0.558. The number of hydrogen-bond donors (Lipinski definition) is 6. The average molecular weight is 405 g/mol. The Labute approximate surface area is 166 Å². The molecule has 1 fully saturated rings. The van der Waals surface area contributed by atoms with Crippen molar-refractivity contribution in [1.29, 1.82) is 0 Å². The number of carbonyl (C=O) groups is 3. The summed E-state index contributed by atoms with van der Waals surface area (Å²) in [6, 6.07) is 3.75. The molecule has 3 rings (SSSR count). The molecule has 0 spiro atoms. The van der Waals surface area contributed by atoms with Crippen LogP contribution in [0, 0.1) is 0 Å². The Morgan fingerprint density at radius 3 is 2.79 bits per heavy atom. The summed E-state index contributed by atoms with van der Waals surface area (Å²) in [6.45, 7) is 1.97. The number of amides is 2. The average Bonchev–Trinajstić information content (AvgIpc) is 2.98. The van der Waals surface area contributed by atoms with Crippen molar-refractivity contribution in [1.82, 2.24) is 16.0 Å². The number of aromatic hydroxyl groups is 1. The Morgan fingerprint density at radius 1 is 1.34 bits per heavy atom. The normalized spacial score (nSPS) is 23.4. The Hall–Kier alpha value is -3.34. The van der Waals surface area contributed by atoms with Crippen molar-refractivity contribution in [3.05, 3.63) is 23.8 Å². The van der Waals surface area contributed by atoms with E-state index in [4.69, 9.17) is 4.74 Å². The van der Waals surface area contributed by atoms with E-state index in [9.17, 15) is 24.6 Å². The monoisotopic (exact) mass is 405 g/mol. The van der Waals surface area contributed by atoms with Crippen molar-refractivity contribution in [3.8, 4) is 5.75 Å². The van der Waals surface area contributed by atoms with Crippen LogP contribution in [0.3, 0.4) is 0 Å². The van der Waals surface area contributed by atoms with E-state index in [1.54, 1.807) is 6.92 Å². The highest BCUT2D eigenvalue weighted by molar-refractivity contribution is 6.00. The minimum absolute atomic E-state index is 0.0946. The molecule has 0 aliphatic carbocycles. The molecule has 156 valence electrons. The predicted octanol–water partition coefficient (Wildman–Crippen LogP) is -1.33. The van der Waals surface area contributed by atoms with Crippen LogP contribution in [0.5, 0.6) is 5.75 Å². The number of nitrogens with one attached hydrogen (secondary N) is 4. The highest BCUT2D eigenvalue weighted by Crippen LogP contribution is 2.20. The molecule has 6 N–H and O–H groups in total. The summed E-state index contributed by atoms with van der Waals surface area (Å²) in [5.74, 6) is -1.12. The summed E-state index contributed by atoms with van der Waals surface area (Å²) in [7, 11) is 0. The van der Waals surface area contributed by atoms with Gasteiger partial charge in [0.05, 0.1) is 31.7 Å². The van der Waals surface area contributed by atoms with Gasteiger partial charge in [-0.05, 0) is 19.1 Å². The minimum atomic E-state index is -0.561. The number of esters is 1. The van der Waals surface area contributed by atoms with Crippen LogP contribution in [0.15, 0.2) is 23.2 Å². The molecule has 0 bridgehead atoms. The number of phenolic OH excluding ortho intramolecular Hbond substituents is 1. The van der Waals surface area contributed by atoms with Gasteiger partial charge in [-0.2, -0.15) is 0 Å². The number of hydrogen-bond acceptors (Lipinski definition) is 9. The summed E-state index contributed by atoms with van der Waals surface area (Å²) in [4.78, 5) is 39.7. The first-order valence-electron chi connectivity index (χ1n) is 9.14. The molecule has 3 unspecified atom stereocenters. The molecule has 0 saturated carbocycles. The third-order valence-electron chi connectivity index (χ3n) is 4.43. The van der Waals surface area contributed by atoms with E-state index >= 15 is 0 Å². The lowest BCUT2D eigenvalue weighted by molar-refractivity contribution is -0.141. The molecule has 11 nitrogen and oxygen atoms in total. The summed E-state index contributed by atoms with van der Waals surface area (Å²) >= 11 is 0. The number of cyclic esters (lactones) is 1. The van der Waals surface area contributed by atoms with Crippen LogP contribution < -0.4 is 21.3 Å². The molecular weight excluding hydrogens is 382 g/mol. The zero-order chi connectivity index (χ0) is 21.0. The van der Waals surface area contributed by atoms with Gasteiger partial charge in [-0.25, -0.2) is 0 Å². The Balaban J connectivity index is 1.55. The Morgan fingerprint density at radius 2 is 2.14 bits per heavy atom. The SMILES string of the molecule is CC1OC(=O)CC1NC(=O)CNC(=O)c1cc(O)cc(NC2=NCC(O)CN2)c1. The lowest BCUT2D eigenvalue weighted by Gasteiger charge is -2.20.